The average Bonchev–Trinajstić information content (AvgIpc) is 2.27. The minimum absolute atomic E-state index is 0.398. The van der Waals surface area contributed by atoms with Crippen molar-refractivity contribution in [3.8, 4) is 12.3 Å². The number of terminal acetylenes is 1. The molecule has 1 aliphatic rings. The first-order chi connectivity index (χ1) is 7.61. The number of hydrogen-bond acceptors (Lipinski definition) is 3. The van der Waals surface area contributed by atoms with Gasteiger partial charge in [-0.3, -0.25) is 0 Å². The van der Waals surface area contributed by atoms with Crippen LogP contribution in [0.15, 0.2) is 0 Å². The molecule has 0 aromatic carbocycles. The SMILES string of the molecule is C#Cc1nc2c(c(C(C)C)n1)CN(C)CC2. The Hall–Kier alpha value is -1.40. The first-order valence-corrected chi connectivity index (χ1v) is 5.66. The summed E-state index contributed by atoms with van der Waals surface area (Å²) >= 11 is 0. The van der Waals surface area contributed by atoms with E-state index >= 15 is 0 Å². The summed E-state index contributed by atoms with van der Waals surface area (Å²) in [5.74, 6) is 3.48. The molecule has 0 unspecified atom stereocenters. The summed E-state index contributed by atoms with van der Waals surface area (Å²) in [7, 11) is 2.13. The van der Waals surface area contributed by atoms with E-state index in [-0.39, 0.29) is 0 Å². The summed E-state index contributed by atoms with van der Waals surface area (Å²) in [5.41, 5.74) is 3.54. The van der Waals surface area contributed by atoms with Crippen LogP contribution in [0.3, 0.4) is 0 Å². The molecule has 3 nitrogen and oxygen atoms in total. The third kappa shape index (κ3) is 1.94. The van der Waals surface area contributed by atoms with Crippen LogP contribution in [-0.4, -0.2) is 28.5 Å². The van der Waals surface area contributed by atoms with Gasteiger partial charge in [0.05, 0.1) is 11.4 Å². The fraction of sp³-hybridized carbons (Fsp3) is 0.538. The fourth-order valence-electron chi connectivity index (χ4n) is 2.12. The van der Waals surface area contributed by atoms with E-state index in [1.165, 1.54) is 5.56 Å². The third-order valence-corrected chi connectivity index (χ3v) is 2.96. The zero-order valence-corrected chi connectivity index (χ0v) is 10.1. The Morgan fingerprint density at radius 3 is 2.75 bits per heavy atom. The quantitative estimate of drug-likeness (QED) is 0.666. The van der Waals surface area contributed by atoms with Crippen molar-refractivity contribution in [2.24, 2.45) is 0 Å². The average molecular weight is 215 g/mol. The normalized spacial score (nSPS) is 15.9. The van der Waals surface area contributed by atoms with Crippen molar-refractivity contribution in [3.05, 3.63) is 22.8 Å². The molecule has 0 saturated carbocycles. The summed E-state index contributed by atoms with van der Waals surface area (Å²) in [6.45, 7) is 6.29. The molecule has 0 radical (unpaired) electrons. The Balaban J connectivity index is 2.54. The molecule has 1 aliphatic heterocycles. The smallest absolute Gasteiger partial charge is 0.205 e. The second kappa shape index (κ2) is 4.23. The number of aromatic nitrogens is 2. The zero-order valence-electron chi connectivity index (χ0n) is 10.1. The lowest BCUT2D eigenvalue weighted by Gasteiger charge is -2.26. The molecule has 1 aromatic rings. The van der Waals surface area contributed by atoms with E-state index in [0.717, 1.165) is 30.9 Å². The maximum atomic E-state index is 5.39. The van der Waals surface area contributed by atoms with Crippen molar-refractivity contribution in [3.63, 3.8) is 0 Å². The minimum Gasteiger partial charge on any atom is -0.302 e. The van der Waals surface area contributed by atoms with Crippen LogP contribution in [0.2, 0.25) is 0 Å². The summed E-state index contributed by atoms with van der Waals surface area (Å²) in [6.07, 6.45) is 6.37. The molecule has 0 fully saturated rings. The van der Waals surface area contributed by atoms with Gasteiger partial charge in [-0.25, -0.2) is 9.97 Å². The maximum absolute atomic E-state index is 5.39. The monoisotopic (exact) mass is 215 g/mol. The maximum Gasteiger partial charge on any atom is 0.205 e. The molecule has 16 heavy (non-hydrogen) atoms. The molecule has 84 valence electrons. The van der Waals surface area contributed by atoms with Gasteiger partial charge in [0.15, 0.2) is 0 Å². The molecular weight excluding hydrogens is 198 g/mol. The van der Waals surface area contributed by atoms with Crippen molar-refractivity contribution < 1.29 is 0 Å². The van der Waals surface area contributed by atoms with Gasteiger partial charge < -0.3 is 4.90 Å². The number of nitrogens with zero attached hydrogens (tertiary/aromatic N) is 3. The summed E-state index contributed by atoms with van der Waals surface area (Å²) in [5, 5.41) is 0. The number of likely N-dealkylation sites (N-methyl/N-ethyl adjacent to an activating group) is 1. The Labute approximate surface area is 96.9 Å². The first-order valence-electron chi connectivity index (χ1n) is 5.66. The summed E-state index contributed by atoms with van der Waals surface area (Å²) < 4.78 is 0. The zero-order chi connectivity index (χ0) is 11.7. The van der Waals surface area contributed by atoms with Crippen LogP contribution in [0.1, 0.15) is 42.5 Å². The molecule has 0 amide bonds. The Kier molecular flexibility index (Phi) is 2.93. The van der Waals surface area contributed by atoms with Crippen molar-refractivity contribution in [2.45, 2.75) is 32.7 Å². The number of fused-ring (bicyclic) bond motifs is 1. The molecule has 2 rings (SSSR count). The topological polar surface area (TPSA) is 29.0 Å². The highest BCUT2D eigenvalue weighted by Gasteiger charge is 2.21. The van der Waals surface area contributed by atoms with E-state index in [0.29, 0.717) is 11.7 Å². The van der Waals surface area contributed by atoms with E-state index in [9.17, 15) is 0 Å². The highest BCUT2D eigenvalue weighted by atomic mass is 15.1. The van der Waals surface area contributed by atoms with Gasteiger partial charge in [-0.2, -0.15) is 0 Å². The molecule has 0 aliphatic carbocycles. The highest BCUT2D eigenvalue weighted by molar-refractivity contribution is 5.33. The predicted octanol–water partition coefficient (Wildman–Crippen LogP) is 1.57. The van der Waals surface area contributed by atoms with Crippen molar-refractivity contribution >= 4 is 0 Å². The van der Waals surface area contributed by atoms with E-state index in [4.69, 9.17) is 6.42 Å². The molecule has 0 N–H and O–H groups in total. The third-order valence-electron chi connectivity index (χ3n) is 2.96. The van der Waals surface area contributed by atoms with Crippen LogP contribution in [-0.2, 0) is 13.0 Å². The van der Waals surface area contributed by atoms with Gasteiger partial charge >= 0.3 is 0 Å². The first kappa shape index (κ1) is 11.1. The van der Waals surface area contributed by atoms with Crippen LogP contribution < -0.4 is 0 Å². The largest absolute Gasteiger partial charge is 0.302 e. The molecule has 0 bridgehead atoms. The Morgan fingerprint density at radius 2 is 2.12 bits per heavy atom. The molecule has 0 saturated heterocycles. The van der Waals surface area contributed by atoms with E-state index < -0.39 is 0 Å². The number of rotatable bonds is 1. The number of hydrogen-bond donors (Lipinski definition) is 0. The van der Waals surface area contributed by atoms with Crippen molar-refractivity contribution in [1.29, 1.82) is 0 Å². The van der Waals surface area contributed by atoms with Crippen LogP contribution in [0, 0.1) is 12.3 Å². The molecule has 0 atom stereocenters. The lowest BCUT2D eigenvalue weighted by molar-refractivity contribution is 0.306. The van der Waals surface area contributed by atoms with Gasteiger partial charge in [0.2, 0.25) is 5.82 Å². The van der Waals surface area contributed by atoms with Gasteiger partial charge in [-0.15, -0.1) is 6.42 Å². The van der Waals surface area contributed by atoms with E-state index in [1.807, 2.05) is 0 Å². The fourth-order valence-corrected chi connectivity index (χ4v) is 2.12. The van der Waals surface area contributed by atoms with Gasteiger partial charge in [-0.05, 0) is 18.9 Å². The molecule has 0 spiro atoms. The second-order valence-corrected chi connectivity index (χ2v) is 4.64. The lowest BCUT2D eigenvalue weighted by Crippen LogP contribution is -2.29. The second-order valence-electron chi connectivity index (χ2n) is 4.64. The summed E-state index contributed by atoms with van der Waals surface area (Å²) in [6, 6.07) is 0. The van der Waals surface area contributed by atoms with Gasteiger partial charge in [-0.1, -0.05) is 13.8 Å². The van der Waals surface area contributed by atoms with Gasteiger partial charge in [0.1, 0.15) is 0 Å². The molecule has 3 heteroatoms. The van der Waals surface area contributed by atoms with E-state index in [2.05, 4.69) is 41.7 Å². The molecule has 1 aromatic heterocycles. The minimum atomic E-state index is 0.398. The van der Waals surface area contributed by atoms with Crippen LogP contribution >= 0.6 is 0 Å². The van der Waals surface area contributed by atoms with Gasteiger partial charge in [0.25, 0.3) is 0 Å². The van der Waals surface area contributed by atoms with E-state index in [1.54, 1.807) is 0 Å². The van der Waals surface area contributed by atoms with Crippen LogP contribution in [0.5, 0.6) is 0 Å². The Morgan fingerprint density at radius 1 is 1.38 bits per heavy atom. The van der Waals surface area contributed by atoms with Crippen molar-refractivity contribution in [2.75, 3.05) is 13.6 Å². The van der Waals surface area contributed by atoms with Crippen molar-refractivity contribution in [1.82, 2.24) is 14.9 Å². The molecule has 2 heterocycles. The predicted molar refractivity (Wildman–Crippen MR) is 64.1 cm³/mol. The summed E-state index contributed by atoms with van der Waals surface area (Å²) in [4.78, 5) is 11.2. The Bertz CT molecular complexity index is 443. The van der Waals surface area contributed by atoms with Crippen LogP contribution in [0.25, 0.3) is 0 Å². The molecular formula is C13H17N3. The standard InChI is InChI=1S/C13H17N3/c1-5-12-14-11-6-7-16(4)8-10(11)13(15-12)9(2)3/h1,9H,6-8H2,2-4H3. The van der Waals surface area contributed by atoms with Gasteiger partial charge in [0, 0.05) is 25.1 Å². The lowest BCUT2D eigenvalue weighted by atomic mass is 9.98. The highest BCUT2D eigenvalue weighted by Crippen LogP contribution is 2.24. The van der Waals surface area contributed by atoms with Crippen LogP contribution in [0.4, 0.5) is 0 Å².